The molecule has 0 aliphatic rings. The minimum atomic E-state index is 0.884. The van der Waals surface area contributed by atoms with Crippen molar-refractivity contribution in [2.45, 2.75) is 0 Å². The van der Waals surface area contributed by atoms with Gasteiger partial charge in [0, 0.05) is 11.1 Å². The van der Waals surface area contributed by atoms with Gasteiger partial charge in [-0.2, -0.15) is 0 Å². The van der Waals surface area contributed by atoms with Crippen LogP contribution in [0.5, 0.6) is 0 Å². The SMILES string of the molecule is c1ccc(-c2cccc(Nc3cccc4oc5ccc(-c6ccccc6)cc5c34)c2)cc1. The van der Waals surface area contributed by atoms with Gasteiger partial charge < -0.3 is 9.73 Å². The molecule has 0 saturated heterocycles. The first-order chi connectivity index (χ1) is 15.8. The van der Waals surface area contributed by atoms with Crippen molar-refractivity contribution in [2.24, 2.45) is 0 Å². The third-order valence-electron chi connectivity index (χ3n) is 5.85. The summed E-state index contributed by atoms with van der Waals surface area (Å²) in [6.45, 7) is 0. The molecule has 1 aromatic heterocycles. The third kappa shape index (κ3) is 3.32. The molecular weight excluding hydrogens is 390 g/mol. The molecule has 0 saturated carbocycles. The fraction of sp³-hybridized carbons (Fsp3) is 0. The summed E-state index contributed by atoms with van der Waals surface area (Å²) in [7, 11) is 0. The van der Waals surface area contributed by atoms with Crippen LogP contribution in [0.2, 0.25) is 0 Å². The highest BCUT2D eigenvalue weighted by Crippen LogP contribution is 2.38. The molecule has 1 heterocycles. The number of hydrogen-bond donors (Lipinski definition) is 1. The Hall–Kier alpha value is -4.30. The number of furan rings is 1. The van der Waals surface area contributed by atoms with Crippen LogP contribution in [0.3, 0.4) is 0 Å². The van der Waals surface area contributed by atoms with E-state index in [-0.39, 0.29) is 0 Å². The van der Waals surface area contributed by atoms with Gasteiger partial charge in [-0.25, -0.2) is 0 Å². The predicted octanol–water partition coefficient (Wildman–Crippen LogP) is 8.66. The standard InChI is InChI=1S/C30H21NO/c1-3-9-21(10-4-1)23-13-7-14-25(19-23)31-27-15-8-16-29-30(27)26-20-24(17-18-28(26)32-29)22-11-5-2-6-12-22/h1-20,31H. The molecule has 2 heteroatoms. The summed E-state index contributed by atoms with van der Waals surface area (Å²) in [4.78, 5) is 0. The van der Waals surface area contributed by atoms with Crippen LogP contribution < -0.4 is 5.32 Å². The average Bonchev–Trinajstić information content (AvgIpc) is 3.24. The van der Waals surface area contributed by atoms with Crippen LogP contribution in [-0.2, 0) is 0 Å². The van der Waals surface area contributed by atoms with E-state index in [4.69, 9.17) is 4.42 Å². The zero-order chi connectivity index (χ0) is 21.3. The Labute approximate surface area is 186 Å². The van der Waals surface area contributed by atoms with Crippen LogP contribution in [0.15, 0.2) is 126 Å². The van der Waals surface area contributed by atoms with Gasteiger partial charge in [0.1, 0.15) is 11.2 Å². The lowest BCUT2D eigenvalue weighted by atomic mass is 10.0. The summed E-state index contributed by atoms with van der Waals surface area (Å²) in [5.74, 6) is 0. The van der Waals surface area contributed by atoms with Gasteiger partial charge in [0.2, 0.25) is 0 Å². The van der Waals surface area contributed by atoms with Crippen molar-refractivity contribution in [1.29, 1.82) is 0 Å². The van der Waals surface area contributed by atoms with Crippen molar-refractivity contribution in [3.8, 4) is 22.3 Å². The first-order valence-corrected chi connectivity index (χ1v) is 10.8. The van der Waals surface area contributed by atoms with Gasteiger partial charge in [-0.1, -0.05) is 84.9 Å². The minimum absolute atomic E-state index is 0.884. The molecule has 0 fully saturated rings. The molecule has 5 aromatic carbocycles. The van der Waals surface area contributed by atoms with Gasteiger partial charge in [-0.15, -0.1) is 0 Å². The lowest BCUT2D eigenvalue weighted by Gasteiger charge is -2.10. The van der Waals surface area contributed by atoms with Crippen molar-refractivity contribution < 1.29 is 4.42 Å². The number of anilines is 2. The van der Waals surface area contributed by atoms with E-state index in [2.05, 4.69) is 102 Å². The van der Waals surface area contributed by atoms with E-state index < -0.39 is 0 Å². The summed E-state index contributed by atoms with van der Waals surface area (Å²) < 4.78 is 6.17. The van der Waals surface area contributed by atoms with E-state index in [0.717, 1.165) is 33.3 Å². The fourth-order valence-electron chi connectivity index (χ4n) is 4.30. The van der Waals surface area contributed by atoms with Crippen LogP contribution in [0.1, 0.15) is 0 Å². The van der Waals surface area contributed by atoms with Gasteiger partial charge in [0.15, 0.2) is 0 Å². The Kier molecular flexibility index (Phi) is 4.47. The maximum Gasteiger partial charge on any atom is 0.137 e. The Morgan fingerprint density at radius 2 is 1.12 bits per heavy atom. The second-order valence-electron chi connectivity index (χ2n) is 7.93. The van der Waals surface area contributed by atoms with Crippen LogP contribution in [0.25, 0.3) is 44.2 Å². The van der Waals surface area contributed by atoms with Crippen molar-refractivity contribution in [3.05, 3.63) is 121 Å². The van der Waals surface area contributed by atoms with Crippen LogP contribution in [-0.4, -0.2) is 0 Å². The van der Waals surface area contributed by atoms with E-state index in [1.807, 2.05) is 24.3 Å². The molecule has 6 rings (SSSR count). The van der Waals surface area contributed by atoms with Crippen LogP contribution >= 0.6 is 0 Å². The zero-order valence-electron chi connectivity index (χ0n) is 17.5. The van der Waals surface area contributed by atoms with Gasteiger partial charge in [-0.05, 0) is 58.7 Å². The molecule has 0 unspecified atom stereocenters. The Bertz CT molecular complexity index is 1530. The Morgan fingerprint density at radius 1 is 0.469 bits per heavy atom. The van der Waals surface area contributed by atoms with E-state index in [1.165, 1.54) is 22.3 Å². The van der Waals surface area contributed by atoms with Gasteiger partial charge in [-0.3, -0.25) is 0 Å². The Morgan fingerprint density at radius 3 is 1.88 bits per heavy atom. The number of nitrogens with one attached hydrogen (secondary N) is 1. The fourth-order valence-corrected chi connectivity index (χ4v) is 4.30. The lowest BCUT2D eigenvalue weighted by molar-refractivity contribution is 0.669. The third-order valence-corrected chi connectivity index (χ3v) is 5.85. The summed E-state index contributed by atoms with van der Waals surface area (Å²) in [5, 5.41) is 5.85. The quantitative estimate of drug-likeness (QED) is 0.314. The first-order valence-electron chi connectivity index (χ1n) is 10.8. The van der Waals surface area contributed by atoms with E-state index >= 15 is 0 Å². The smallest absolute Gasteiger partial charge is 0.137 e. The second kappa shape index (κ2) is 7.75. The Balaban J connectivity index is 1.46. The number of rotatable bonds is 4. The topological polar surface area (TPSA) is 25.2 Å². The molecule has 0 amide bonds. The van der Waals surface area contributed by atoms with E-state index in [0.29, 0.717) is 0 Å². The van der Waals surface area contributed by atoms with Gasteiger partial charge >= 0.3 is 0 Å². The predicted molar refractivity (Wildman–Crippen MR) is 134 cm³/mol. The normalized spacial score (nSPS) is 11.1. The van der Waals surface area contributed by atoms with E-state index in [9.17, 15) is 0 Å². The van der Waals surface area contributed by atoms with Crippen LogP contribution in [0, 0.1) is 0 Å². The molecule has 152 valence electrons. The molecule has 0 atom stereocenters. The summed E-state index contributed by atoms with van der Waals surface area (Å²) in [5.41, 5.74) is 8.64. The molecule has 0 aliphatic carbocycles. The number of hydrogen-bond acceptors (Lipinski definition) is 2. The molecule has 0 aliphatic heterocycles. The van der Waals surface area contributed by atoms with Crippen LogP contribution in [0.4, 0.5) is 11.4 Å². The molecule has 0 spiro atoms. The molecule has 6 aromatic rings. The summed E-state index contributed by atoms with van der Waals surface area (Å²) in [6.07, 6.45) is 0. The lowest BCUT2D eigenvalue weighted by Crippen LogP contribution is -1.91. The van der Waals surface area contributed by atoms with Crippen molar-refractivity contribution >= 4 is 33.3 Å². The van der Waals surface area contributed by atoms with Crippen molar-refractivity contribution in [2.75, 3.05) is 5.32 Å². The second-order valence-corrected chi connectivity index (χ2v) is 7.93. The maximum absolute atomic E-state index is 6.17. The minimum Gasteiger partial charge on any atom is -0.456 e. The van der Waals surface area contributed by atoms with Gasteiger partial charge in [0.05, 0.1) is 11.1 Å². The summed E-state index contributed by atoms with van der Waals surface area (Å²) in [6, 6.07) is 42.0. The summed E-state index contributed by atoms with van der Waals surface area (Å²) >= 11 is 0. The van der Waals surface area contributed by atoms with Gasteiger partial charge in [0.25, 0.3) is 0 Å². The number of fused-ring (bicyclic) bond motifs is 3. The first kappa shape index (κ1) is 18.5. The van der Waals surface area contributed by atoms with E-state index in [1.54, 1.807) is 0 Å². The maximum atomic E-state index is 6.17. The molecule has 32 heavy (non-hydrogen) atoms. The molecule has 0 radical (unpaired) electrons. The monoisotopic (exact) mass is 411 g/mol. The van der Waals surface area contributed by atoms with Crippen molar-refractivity contribution in [3.63, 3.8) is 0 Å². The average molecular weight is 412 g/mol. The molecule has 2 nitrogen and oxygen atoms in total. The highest BCUT2D eigenvalue weighted by Gasteiger charge is 2.13. The molecule has 1 N–H and O–H groups in total. The zero-order valence-corrected chi connectivity index (χ0v) is 17.5. The highest BCUT2D eigenvalue weighted by atomic mass is 16.3. The molecular formula is C30H21NO. The largest absolute Gasteiger partial charge is 0.456 e. The van der Waals surface area contributed by atoms with Crippen molar-refractivity contribution in [1.82, 2.24) is 0 Å². The highest BCUT2D eigenvalue weighted by molar-refractivity contribution is 6.13. The number of benzene rings is 5. The molecule has 0 bridgehead atoms.